The molecule has 0 N–H and O–H groups in total. The first-order valence-electron chi connectivity index (χ1n) is 10.7. The first kappa shape index (κ1) is 19.2. The van der Waals surface area contributed by atoms with Crippen molar-refractivity contribution in [1.82, 2.24) is 9.13 Å². The van der Waals surface area contributed by atoms with Gasteiger partial charge in [0.1, 0.15) is 0 Å². The Morgan fingerprint density at radius 3 is 1.55 bits per heavy atom. The van der Waals surface area contributed by atoms with E-state index in [1.807, 2.05) is 12.2 Å². The van der Waals surface area contributed by atoms with Crippen molar-refractivity contribution in [2.45, 2.75) is 19.0 Å². The first-order valence-corrected chi connectivity index (χ1v) is 10.7. The van der Waals surface area contributed by atoms with Gasteiger partial charge in [-0.15, -0.1) is 13.2 Å². The van der Waals surface area contributed by atoms with E-state index >= 15 is 0 Å². The van der Waals surface area contributed by atoms with E-state index in [1.165, 1.54) is 38.5 Å². The summed E-state index contributed by atoms with van der Waals surface area (Å²) in [4.78, 5) is 0. The van der Waals surface area contributed by atoms with E-state index in [0.717, 1.165) is 13.1 Å². The maximum Gasteiger partial charge on any atom is 0.0486 e. The second-order valence-electron chi connectivity index (χ2n) is 7.93. The molecule has 2 heteroatoms. The van der Waals surface area contributed by atoms with Crippen LogP contribution in [0.3, 0.4) is 0 Å². The summed E-state index contributed by atoms with van der Waals surface area (Å²) in [6.07, 6.45) is 8.54. The van der Waals surface area contributed by atoms with Gasteiger partial charge in [0, 0.05) is 53.2 Å². The molecule has 0 fully saturated rings. The molecule has 0 aliphatic carbocycles. The highest BCUT2D eigenvalue weighted by Gasteiger charge is 2.24. The molecule has 0 radical (unpaired) electrons. The maximum absolute atomic E-state index is 3.96. The summed E-state index contributed by atoms with van der Waals surface area (Å²) in [7, 11) is 0. The van der Waals surface area contributed by atoms with Gasteiger partial charge in [-0.2, -0.15) is 0 Å². The Balaban J connectivity index is 1.82. The Hall–Kier alpha value is -3.78. The minimum atomic E-state index is 0.133. The van der Waals surface area contributed by atoms with Gasteiger partial charge in [0.15, 0.2) is 0 Å². The van der Waals surface area contributed by atoms with E-state index in [0.29, 0.717) is 0 Å². The van der Waals surface area contributed by atoms with Crippen LogP contribution in [-0.2, 0) is 13.1 Å². The fourth-order valence-corrected chi connectivity index (χ4v) is 4.76. The molecule has 0 aliphatic rings. The smallest absolute Gasteiger partial charge is 0.0486 e. The molecule has 31 heavy (non-hydrogen) atoms. The fraction of sp³-hybridized carbons (Fsp3) is 0.103. The van der Waals surface area contributed by atoms with Crippen molar-refractivity contribution in [2.75, 3.05) is 0 Å². The Morgan fingerprint density at radius 1 is 0.613 bits per heavy atom. The number of benzene rings is 3. The zero-order valence-corrected chi connectivity index (χ0v) is 17.6. The van der Waals surface area contributed by atoms with Crippen molar-refractivity contribution < 1.29 is 0 Å². The molecule has 3 aromatic carbocycles. The molecule has 0 aliphatic heterocycles. The van der Waals surface area contributed by atoms with Crippen LogP contribution in [0.1, 0.15) is 22.6 Å². The summed E-state index contributed by atoms with van der Waals surface area (Å²) in [5.74, 6) is 0.133. The van der Waals surface area contributed by atoms with Crippen molar-refractivity contribution in [3.8, 4) is 0 Å². The fourth-order valence-electron chi connectivity index (χ4n) is 4.76. The van der Waals surface area contributed by atoms with Gasteiger partial charge in [0.25, 0.3) is 0 Å². The second kappa shape index (κ2) is 8.16. The summed E-state index contributed by atoms with van der Waals surface area (Å²) in [6, 6.07) is 28.2. The second-order valence-corrected chi connectivity index (χ2v) is 7.93. The number of rotatable bonds is 7. The molecule has 2 nitrogen and oxygen atoms in total. The molecule has 5 rings (SSSR count). The van der Waals surface area contributed by atoms with Gasteiger partial charge in [0.2, 0.25) is 0 Å². The highest BCUT2D eigenvalue weighted by atomic mass is 15.0. The van der Waals surface area contributed by atoms with Crippen LogP contribution in [0.5, 0.6) is 0 Å². The predicted molar refractivity (Wildman–Crippen MR) is 132 cm³/mol. The molecule has 0 atom stereocenters. The van der Waals surface area contributed by atoms with Crippen molar-refractivity contribution >= 4 is 21.8 Å². The van der Waals surface area contributed by atoms with Crippen LogP contribution in [-0.4, -0.2) is 9.13 Å². The summed E-state index contributed by atoms with van der Waals surface area (Å²) >= 11 is 0. The lowest BCUT2D eigenvalue weighted by Crippen LogP contribution is -2.03. The average Bonchev–Trinajstić information content (AvgIpc) is 3.35. The number of allylic oxidation sites excluding steroid dienone is 2. The highest BCUT2D eigenvalue weighted by Crippen LogP contribution is 2.40. The number of fused-ring (bicyclic) bond motifs is 2. The summed E-state index contributed by atoms with van der Waals surface area (Å²) in [5.41, 5.74) is 6.43. The molecule has 152 valence electrons. The molecule has 0 spiro atoms. The van der Waals surface area contributed by atoms with Gasteiger partial charge in [-0.25, -0.2) is 0 Å². The standard InChI is InChI=1S/C29H26N2/c1-3-18-30-20-25(23-14-8-10-16-27(23)30)29(22-12-6-5-7-13-22)26-21-31(19-4-2)28-17-11-9-15-24(26)28/h3-17,20-21,29H,1-2,18-19H2. The van der Waals surface area contributed by atoms with Crippen molar-refractivity contribution in [3.05, 3.63) is 133 Å². The molecular formula is C29H26N2. The molecule has 0 saturated heterocycles. The van der Waals surface area contributed by atoms with Crippen LogP contribution in [0.25, 0.3) is 21.8 Å². The maximum atomic E-state index is 3.96. The van der Waals surface area contributed by atoms with E-state index in [9.17, 15) is 0 Å². The SMILES string of the molecule is C=CCn1cc(C(c2ccccc2)c2cn(CC=C)c3ccccc23)c2ccccc21. The van der Waals surface area contributed by atoms with Crippen molar-refractivity contribution in [1.29, 1.82) is 0 Å². The zero-order valence-electron chi connectivity index (χ0n) is 17.6. The topological polar surface area (TPSA) is 9.86 Å². The van der Waals surface area contributed by atoms with Crippen LogP contribution in [0.15, 0.2) is 117 Å². The Kier molecular flexibility index (Phi) is 5.05. The molecule has 0 amide bonds. The van der Waals surface area contributed by atoms with Crippen molar-refractivity contribution in [2.24, 2.45) is 0 Å². The lowest BCUT2D eigenvalue weighted by atomic mass is 9.85. The Labute approximate surface area is 183 Å². The third-order valence-electron chi connectivity index (χ3n) is 6.05. The Morgan fingerprint density at radius 2 is 1.06 bits per heavy atom. The predicted octanol–water partition coefficient (Wildman–Crippen LogP) is 7.15. The molecule has 0 bridgehead atoms. The molecule has 0 saturated carbocycles. The number of hydrogen-bond acceptors (Lipinski definition) is 0. The van der Waals surface area contributed by atoms with E-state index in [1.54, 1.807) is 0 Å². The molecule has 0 unspecified atom stereocenters. The Bertz CT molecular complexity index is 1280. The van der Waals surface area contributed by atoms with Gasteiger partial charge in [-0.3, -0.25) is 0 Å². The van der Waals surface area contributed by atoms with Crippen LogP contribution in [0, 0.1) is 0 Å². The minimum Gasteiger partial charge on any atom is -0.343 e. The molecule has 2 aromatic heterocycles. The highest BCUT2D eigenvalue weighted by molar-refractivity contribution is 5.90. The van der Waals surface area contributed by atoms with Gasteiger partial charge in [0.05, 0.1) is 0 Å². The van der Waals surface area contributed by atoms with Gasteiger partial charge < -0.3 is 9.13 Å². The quantitative estimate of drug-likeness (QED) is 0.256. The largest absolute Gasteiger partial charge is 0.343 e. The van der Waals surface area contributed by atoms with E-state index in [4.69, 9.17) is 0 Å². The molecular weight excluding hydrogens is 376 g/mol. The van der Waals surface area contributed by atoms with Crippen molar-refractivity contribution in [3.63, 3.8) is 0 Å². The third-order valence-corrected chi connectivity index (χ3v) is 6.05. The zero-order chi connectivity index (χ0) is 21.2. The lowest BCUT2D eigenvalue weighted by Gasteiger charge is -2.17. The molecule has 2 heterocycles. The number of aromatic nitrogens is 2. The van der Waals surface area contributed by atoms with E-state index < -0.39 is 0 Å². The van der Waals surface area contributed by atoms with Gasteiger partial charge >= 0.3 is 0 Å². The van der Waals surface area contributed by atoms with Gasteiger partial charge in [-0.1, -0.05) is 78.9 Å². The van der Waals surface area contributed by atoms with Crippen LogP contribution in [0.2, 0.25) is 0 Å². The van der Waals surface area contributed by atoms with Gasteiger partial charge in [-0.05, 0) is 28.8 Å². The first-order chi connectivity index (χ1) is 15.3. The monoisotopic (exact) mass is 402 g/mol. The van der Waals surface area contributed by atoms with Crippen LogP contribution in [0.4, 0.5) is 0 Å². The lowest BCUT2D eigenvalue weighted by molar-refractivity contribution is 0.840. The molecule has 5 aromatic rings. The average molecular weight is 403 g/mol. The number of nitrogens with zero attached hydrogens (tertiary/aromatic N) is 2. The van der Waals surface area contributed by atoms with Crippen LogP contribution < -0.4 is 0 Å². The summed E-state index contributed by atoms with van der Waals surface area (Å²) in [6.45, 7) is 9.51. The minimum absolute atomic E-state index is 0.133. The third kappa shape index (κ3) is 3.30. The van der Waals surface area contributed by atoms with E-state index in [-0.39, 0.29) is 5.92 Å². The number of hydrogen-bond donors (Lipinski definition) is 0. The van der Waals surface area contributed by atoms with Crippen LogP contribution >= 0.6 is 0 Å². The normalized spacial score (nSPS) is 11.4. The summed E-state index contributed by atoms with van der Waals surface area (Å²) < 4.78 is 4.60. The number of para-hydroxylation sites is 2. The van der Waals surface area contributed by atoms with E-state index in [2.05, 4.69) is 114 Å². The summed E-state index contributed by atoms with van der Waals surface area (Å²) in [5, 5.41) is 2.58.